The molecule has 3 rings (SSSR count). The Kier molecular flexibility index (Phi) is 6.86. The number of phosphoric acid groups is 3. The fourth-order valence-electron chi connectivity index (χ4n) is 3.31. The van der Waals surface area contributed by atoms with E-state index in [9.17, 15) is 39.0 Å². The van der Waals surface area contributed by atoms with Crippen molar-refractivity contribution in [1.82, 2.24) is 14.6 Å². The Bertz CT molecular complexity index is 1290. The first kappa shape index (κ1) is 26.8. The van der Waals surface area contributed by atoms with Crippen LogP contribution in [0.25, 0.3) is 5.52 Å². The van der Waals surface area contributed by atoms with Gasteiger partial charge in [-0.05, 0) is 19.1 Å². The lowest BCUT2D eigenvalue weighted by Gasteiger charge is -2.33. The molecule has 1 fully saturated rings. The standard InChI is InChI=1S/C13H18N5O13P3/c1-12(20)10(19)8(4-28-33(24,25)31-34(26,27)30-32(21,22)23)29-13(12,5-14)9-3-2-7-11(15)16-6-17-18(7)9/h2-3,6,8,10,19-20H,4H2,1H3,(H,24,25)(H,26,27)(H2,15,16,17)(H2,21,22,23)/t8-,10-,12-,13+/m1/s1. The highest BCUT2D eigenvalue weighted by molar-refractivity contribution is 7.66. The van der Waals surface area contributed by atoms with Crippen LogP contribution in [0.3, 0.4) is 0 Å². The van der Waals surface area contributed by atoms with Gasteiger partial charge in [0.15, 0.2) is 5.82 Å². The van der Waals surface area contributed by atoms with E-state index in [1.54, 1.807) is 6.07 Å². The quantitative estimate of drug-likeness (QED) is 0.193. The molecule has 8 N–H and O–H groups in total. The number of nitriles is 1. The summed E-state index contributed by atoms with van der Waals surface area (Å²) in [6.45, 7) is -0.0689. The second-order valence-electron chi connectivity index (χ2n) is 7.09. The van der Waals surface area contributed by atoms with Gasteiger partial charge in [-0.15, -0.1) is 0 Å². The van der Waals surface area contributed by atoms with Gasteiger partial charge in [-0.1, -0.05) is 0 Å². The molecule has 2 aromatic rings. The van der Waals surface area contributed by atoms with Crippen LogP contribution in [0.2, 0.25) is 0 Å². The van der Waals surface area contributed by atoms with Gasteiger partial charge in [0.2, 0.25) is 5.60 Å². The molecule has 2 unspecified atom stereocenters. The molecule has 0 aromatic carbocycles. The van der Waals surface area contributed by atoms with Crippen molar-refractivity contribution in [3.05, 3.63) is 24.2 Å². The molecule has 18 nitrogen and oxygen atoms in total. The van der Waals surface area contributed by atoms with Gasteiger partial charge in [0.1, 0.15) is 35.7 Å². The molecular formula is C13H18N5O13P3. The van der Waals surface area contributed by atoms with E-state index in [0.717, 1.165) is 17.8 Å². The summed E-state index contributed by atoms with van der Waals surface area (Å²) < 4.78 is 52.4. The SMILES string of the molecule is C[C@@]1(O)[C@H](O)[C@@H](COP(=O)(O)OP(=O)(O)OP(=O)(O)O)O[C@@]1(C#N)c1ccc2c(N)ncnn12. The number of phosphoric ester groups is 1. The minimum absolute atomic E-state index is 0.0248. The maximum Gasteiger partial charge on any atom is 0.490 e. The van der Waals surface area contributed by atoms with E-state index in [0.29, 0.717) is 0 Å². The van der Waals surface area contributed by atoms with Crippen molar-refractivity contribution in [1.29, 1.82) is 5.26 Å². The summed E-state index contributed by atoms with van der Waals surface area (Å²) in [7, 11) is -16.9. The Morgan fingerprint density at radius 1 is 1.24 bits per heavy atom. The Morgan fingerprint density at radius 3 is 2.47 bits per heavy atom. The molecule has 0 bridgehead atoms. The molecule has 0 aliphatic carbocycles. The second-order valence-corrected chi connectivity index (χ2v) is 11.5. The zero-order valence-corrected chi connectivity index (χ0v) is 19.5. The van der Waals surface area contributed by atoms with Gasteiger partial charge >= 0.3 is 23.5 Å². The number of fused-ring (bicyclic) bond motifs is 1. The summed E-state index contributed by atoms with van der Waals surface area (Å²) in [5.41, 5.74) is 1.19. The third kappa shape index (κ3) is 4.94. The van der Waals surface area contributed by atoms with E-state index in [1.165, 1.54) is 12.1 Å². The number of anilines is 1. The average molecular weight is 545 g/mol. The van der Waals surface area contributed by atoms with Crippen molar-refractivity contribution in [2.75, 3.05) is 12.3 Å². The van der Waals surface area contributed by atoms with Crippen LogP contribution >= 0.6 is 23.5 Å². The molecule has 0 amide bonds. The van der Waals surface area contributed by atoms with E-state index in [1.807, 2.05) is 0 Å². The summed E-state index contributed by atoms with van der Waals surface area (Å²) in [6.07, 6.45) is -2.59. The Balaban J connectivity index is 1.86. The number of nitrogens with zero attached hydrogens (tertiary/aromatic N) is 4. The van der Waals surface area contributed by atoms with Gasteiger partial charge in [-0.2, -0.15) is 19.0 Å². The molecule has 2 aromatic heterocycles. The first-order valence-electron chi connectivity index (χ1n) is 8.81. The molecular weight excluding hydrogens is 527 g/mol. The largest absolute Gasteiger partial charge is 0.490 e. The van der Waals surface area contributed by atoms with Gasteiger partial charge in [0.05, 0.1) is 12.3 Å². The molecule has 0 radical (unpaired) electrons. The highest BCUT2D eigenvalue weighted by Crippen LogP contribution is 2.66. The number of hydrogen-bond acceptors (Lipinski definition) is 13. The summed E-state index contributed by atoms with van der Waals surface area (Å²) in [5, 5.41) is 35.4. The number of aromatic nitrogens is 3. The fourth-order valence-corrected chi connectivity index (χ4v) is 6.34. The van der Waals surface area contributed by atoms with Crippen LogP contribution in [0, 0.1) is 11.3 Å². The third-order valence-corrected chi connectivity index (χ3v) is 8.59. The van der Waals surface area contributed by atoms with Gasteiger partial charge in [0.25, 0.3) is 0 Å². The number of aliphatic hydroxyl groups is 2. The molecule has 3 heterocycles. The number of hydrogen-bond donors (Lipinski definition) is 7. The first-order valence-corrected chi connectivity index (χ1v) is 13.3. The van der Waals surface area contributed by atoms with E-state index in [4.69, 9.17) is 20.3 Å². The van der Waals surface area contributed by atoms with Crippen LogP contribution in [-0.2, 0) is 37.2 Å². The summed E-state index contributed by atoms with van der Waals surface area (Å²) in [5.74, 6) is 0.0248. The lowest BCUT2D eigenvalue weighted by Crippen LogP contribution is -2.52. The van der Waals surface area contributed by atoms with Crippen LogP contribution in [0.1, 0.15) is 12.6 Å². The van der Waals surface area contributed by atoms with Crippen molar-refractivity contribution < 1.29 is 61.4 Å². The topological polar surface area (TPSA) is 290 Å². The Hall–Kier alpha value is -1.80. The van der Waals surface area contributed by atoms with Gasteiger partial charge < -0.3 is 40.3 Å². The molecule has 0 saturated carbocycles. The predicted octanol–water partition coefficient (Wildman–Crippen LogP) is -1.12. The fraction of sp³-hybridized carbons (Fsp3) is 0.462. The first-order chi connectivity index (χ1) is 15.4. The predicted molar refractivity (Wildman–Crippen MR) is 106 cm³/mol. The van der Waals surface area contributed by atoms with Crippen molar-refractivity contribution in [2.45, 2.75) is 30.3 Å². The third-order valence-electron chi connectivity index (χ3n) is 4.79. The van der Waals surface area contributed by atoms with Crippen LogP contribution in [0.5, 0.6) is 0 Å². The summed E-state index contributed by atoms with van der Waals surface area (Å²) in [4.78, 5) is 39.7. The lowest BCUT2D eigenvalue weighted by molar-refractivity contribution is -0.109. The van der Waals surface area contributed by atoms with E-state index < -0.39 is 53.5 Å². The maximum atomic E-state index is 12.0. The minimum atomic E-state index is -5.78. The summed E-state index contributed by atoms with van der Waals surface area (Å²) in [6, 6.07) is 4.47. The second kappa shape index (κ2) is 8.70. The zero-order valence-electron chi connectivity index (χ0n) is 16.8. The lowest BCUT2D eigenvalue weighted by atomic mass is 9.80. The molecule has 6 atom stereocenters. The van der Waals surface area contributed by atoms with Crippen LogP contribution in [0.4, 0.5) is 5.82 Å². The van der Waals surface area contributed by atoms with Crippen molar-refractivity contribution in [3.63, 3.8) is 0 Å². The highest BCUT2D eigenvalue weighted by Gasteiger charge is 2.65. The van der Waals surface area contributed by atoms with Crippen LogP contribution in [-0.4, -0.2) is 68.8 Å². The number of rotatable bonds is 8. The molecule has 1 aliphatic heterocycles. The van der Waals surface area contributed by atoms with E-state index in [2.05, 4.69) is 23.2 Å². The molecule has 0 spiro atoms. The van der Waals surface area contributed by atoms with Crippen molar-refractivity contribution in [2.24, 2.45) is 0 Å². The van der Waals surface area contributed by atoms with Crippen molar-refractivity contribution >= 4 is 34.8 Å². The van der Waals surface area contributed by atoms with Gasteiger partial charge in [-0.3, -0.25) is 4.52 Å². The molecule has 188 valence electrons. The Labute approximate surface area is 189 Å². The average Bonchev–Trinajstić information content (AvgIpc) is 3.17. The van der Waals surface area contributed by atoms with Crippen LogP contribution in [0.15, 0.2) is 18.5 Å². The zero-order chi connectivity index (χ0) is 25.7. The smallest absolute Gasteiger partial charge is 0.387 e. The monoisotopic (exact) mass is 545 g/mol. The van der Waals surface area contributed by atoms with Crippen molar-refractivity contribution in [3.8, 4) is 6.07 Å². The molecule has 1 saturated heterocycles. The van der Waals surface area contributed by atoms with Gasteiger partial charge in [0, 0.05) is 0 Å². The maximum absolute atomic E-state index is 12.0. The number of ether oxygens (including phenoxy) is 1. The number of nitrogens with two attached hydrogens (primary N) is 1. The Morgan fingerprint density at radius 2 is 1.88 bits per heavy atom. The number of aliphatic hydroxyl groups excluding tert-OH is 1. The molecule has 34 heavy (non-hydrogen) atoms. The van der Waals surface area contributed by atoms with Crippen LogP contribution < -0.4 is 5.73 Å². The van der Waals surface area contributed by atoms with E-state index >= 15 is 0 Å². The number of nitrogen functional groups attached to an aromatic ring is 1. The molecule has 21 heteroatoms. The van der Waals surface area contributed by atoms with E-state index in [-0.39, 0.29) is 17.0 Å². The van der Waals surface area contributed by atoms with Gasteiger partial charge in [-0.25, -0.2) is 23.2 Å². The minimum Gasteiger partial charge on any atom is -0.387 e. The summed E-state index contributed by atoms with van der Waals surface area (Å²) >= 11 is 0. The highest BCUT2D eigenvalue weighted by atomic mass is 31.3. The molecule has 1 aliphatic rings. The normalized spacial score (nSPS) is 31.1.